The number of amides is 1. The van der Waals surface area contributed by atoms with E-state index in [0.717, 1.165) is 16.8 Å². The number of carbonyl (C=O) groups is 1. The van der Waals surface area contributed by atoms with E-state index in [-0.39, 0.29) is 17.5 Å². The summed E-state index contributed by atoms with van der Waals surface area (Å²) in [7, 11) is 0. The summed E-state index contributed by atoms with van der Waals surface area (Å²) < 4.78 is 14.9. The Labute approximate surface area is 174 Å². The van der Waals surface area contributed by atoms with Gasteiger partial charge in [0.15, 0.2) is 10.3 Å². The quantitative estimate of drug-likeness (QED) is 0.458. The minimum Gasteiger partial charge on any atom is -0.301 e. The van der Waals surface area contributed by atoms with E-state index in [2.05, 4.69) is 20.5 Å². The molecule has 1 N–H and O–H groups in total. The maximum atomic E-state index is 13.1. The van der Waals surface area contributed by atoms with Crippen LogP contribution in [0.3, 0.4) is 0 Å². The number of carbonyl (C=O) groups excluding carboxylic acids is 1. The van der Waals surface area contributed by atoms with E-state index in [1.807, 2.05) is 41.1 Å². The number of para-hydroxylation sites is 1. The van der Waals surface area contributed by atoms with Gasteiger partial charge in [0.1, 0.15) is 12.1 Å². The molecule has 1 amide bonds. The maximum absolute atomic E-state index is 13.1. The van der Waals surface area contributed by atoms with Crippen LogP contribution in [0.5, 0.6) is 0 Å². The lowest BCUT2D eigenvalue weighted by atomic mass is 10.2. The second kappa shape index (κ2) is 8.54. The number of hydrogen-bond acceptors (Lipinski definition) is 6. The lowest BCUT2D eigenvalue weighted by Gasteiger charge is -2.08. The molecule has 0 fully saturated rings. The van der Waals surface area contributed by atoms with Gasteiger partial charge in [0.05, 0.1) is 17.1 Å². The summed E-state index contributed by atoms with van der Waals surface area (Å²) in [5, 5.41) is 13.8. The second-order valence-corrected chi connectivity index (χ2v) is 7.95. The molecule has 6 nitrogen and oxygen atoms in total. The fourth-order valence-electron chi connectivity index (χ4n) is 2.69. The third-order valence-electron chi connectivity index (χ3n) is 4.11. The first-order valence-electron chi connectivity index (χ1n) is 8.70. The molecule has 0 aliphatic carbocycles. The summed E-state index contributed by atoms with van der Waals surface area (Å²) in [5.74, 6) is -0.307. The van der Waals surface area contributed by atoms with Crippen molar-refractivity contribution in [2.75, 3.05) is 11.1 Å². The van der Waals surface area contributed by atoms with Crippen molar-refractivity contribution in [2.24, 2.45) is 0 Å². The number of thioether (sulfide) groups is 1. The van der Waals surface area contributed by atoms with E-state index >= 15 is 0 Å². The summed E-state index contributed by atoms with van der Waals surface area (Å²) in [4.78, 5) is 16.7. The zero-order chi connectivity index (χ0) is 20.2. The average molecular weight is 426 g/mol. The zero-order valence-electron chi connectivity index (χ0n) is 15.4. The number of aromatic nitrogens is 4. The Bertz CT molecular complexity index is 1140. The first kappa shape index (κ1) is 19.3. The van der Waals surface area contributed by atoms with Crippen LogP contribution < -0.4 is 5.32 Å². The highest BCUT2D eigenvalue weighted by molar-refractivity contribution is 7.99. The van der Waals surface area contributed by atoms with Crippen molar-refractivity contribution in [3.05, 3.63) is 71.6 Å². The van der Waals surface area contributed by atoms with Gasteiger partial charge in [-0.25, -0.2) is 9.37 Å². The number of thiazole rings is 1. The normalized spacial score (nSPS) is 10.8. The van der Waals surface area contributed by atoms with E-state index < -0.39 is 0 Å². The predicted molar refractivity (Wildman–Crippen MR) is 113 cm³/mol. The van der Waals surface area contributed by atoms with Gasteiger partial charge in [0, 0.05) is 10.9 Å². The molecule has 0 bridgehead atoms. The molecule has 0 saturated carbocycles. The highest BCUT2D eigenvalue weighted by Crippen LogP contribution is 2.26. The molecule has 0 aliphatic heterocycles. The molecular formula is C20H16FN5OS2. The van der Waals surface area contributed by atoms with Gasteiger partial charge in [-0.2, -0.15) is 0 Å². The Morgan fingerprint density at radius 1 is 1.21 bits per heavy atom. The minimum absolute atomic E-state index is 0.177. The number of halogens is 1. The molecule has 0 spiro atoms. The van der Waals surface area contributed by atoms with Crippen molar-refractivity contribution in [3.8, 4) is 16.9 Å². The molecule has 4 aromatic rings. The van der Waals surface area contributed by atoms with Crippen LogP contribution in [0.15, 0.2) is 65.4 Å². The number of hydrogen-bond donors (Lipinski definition) is 1. The van der Waals surface area contributed by atoms with Gasteiger partial charge < -0.3 is 5.32 Å². The molecule has 0 saturated heterocycles. The standard InChI is InChI=1S/C20H16FN5OS2/c1-13-4-2-3-5-17(13)26-12-22-25-20(26)29-11-18(27)24-19-23-16(10-28-19)14-6-8-15(21)9-7-14/h2-10,12H,11H2,1H3,(H,23,24,27). The molecule has 0 aliphatic rings. The van der Waals surface area contributed by atoms with Gasteiger partial charge in [-0.15, -0.1) is 21.5 Å². The fraction of sp³-hybridized carbons (Fsp3) is 0.100. The number of rotatable bonds is 6. The molecule has 146 valence electrons. The Morgan fingerprint density at radius 3 is 2.79 bits per heavy atom. The first-order chi connectivity index (χ1) is 14.1. The number of nitrogens with zero attached hydrogens (tertiary/aromatic N) is 4. The van der Waals surface area contributed by atoms with Crippen LogP contribution in [0.2, 0.25) is 0 Å². The molecule has 29 heavy (non-hydrogen) atoms. The summed E-state index contributed by atoms with van der Waals surface area (Å²) in [5.41, 5.74) is 3.56. The third-order valence-corrected chi connectivity index (χ3v) is 5.82. The van der Waals surface area contributed by atoms with Crippen molar-refractivity contribution in [3.63, 3.8) is 0 Å². The van der Waals surface area contributed by atoms with E-state index in [4.69, 9.17) is 0 Å². The lowest BCUT2D eigenvalue weighted by molar-refractivity contribution is -0.113. The van der Waals surface area contributed by atoms with Crippen molar-refractivity contribution >= 4 is 34.1 Å². The number of benzene rings is 2. The summed E-state index contributed by atoms with van der Waals surface area (Å²) in [6, 6.07) is 14.0. The molecule has 2 aromatic carbocycles. The van der Waals surface area contributed by atoms with Crippen LogP contribution in [0.1, 0.15) is 5.56 Å². The van der Waals surface area contributed by atoms with Crippen LogP contribution in [0, 0.1) is 12.7 Å². The zero-order valence-corrected chi connectivity index (χ0v) is 17.0. The monoisotopic (exact) mass is 425 g/mol. The Balaban J connectivity index is 1.39. The van der Waals surface area contributed by atoms with Gasteiger partial charge in [-0.1, -0.05) is 30.0 Å². The lowest BCUT2D eigenvalue weighted by Crippen LogP contribution is -2.14. The Morgan fingerprint density at radius 2 is 2.00 bits per heavy atom. The van der Waals surface area contributed by atoms with Gasteiger partial charge in [-0.3, -0.25) is 9.36 Å². The van der Waals surface area contributed by atoms with Crippen LogP contribution in [-0.4, -0.2) is 31.4 Å². The highest BCUT2D eigenvalue weighted by Gasteiger charge is 2.13. The Hall–Kier alpha value is -3.04. The van der Waals surface area contributed by atoms with Gasteiger partial charge in [0.25, 0.3) is 0 Å². The maximum Gasteiger partial charge on any atom is 0.236 e. The fourth-order valence-corrected chi connectivity index (χ4v) is 4.15. The number of aryl methyl sites for hydroxylation is 1. The van der Waals surface area contributed by atoms with Crippen molar-refractivity contribution in [1.82, 2.24) is 19.7 Å². The van der Waals surface area contributed by atoms with Crippen LogP contribution in [0.4, 0.5) is 9.52 Å². The van der Waals surface area contributed by atoms with Gasteiger partial charge in [0.2, 0.25) is 5.91 Å². The van der Waals surface area contributed by atoms with E-state index in [1.54, 1.807) is 18.5 Å². The van der Waals surface area contributed by atoms with Crippen molar-refractivity contribution in [2.45, 2.75) is 12.1 Å². The summed E-state index contributed by atoms with van der Waals surface area (Å²) in [6.07, 6.45) is 1.64. The molecule has 9 heteroatoms. The van der Waals surface area contributed by atoms with Crippen molar-refractivity contribution < 1.29 is 9.18 Å². The third kappa shape index (κ3) is 4.52. The van der Waals surface area contributed by atoms with E-state index in [1.165, 1.54) is 35.2 Å². The average Bonchev–Trinajstić information content (AvgIpc) is 3.37. The topological polar surface area (TPSA) is 72.7 Å². The molecule has 0 radical (unpaired) electrons. The first-order valence-corrected chi connectivity index (χ1v) is 10.6. The van der Waals surface area contributed by atoms with E-state index in [9.17, 15) is 9.18 Å². The minimum atomic E-state index is -0.298. The number of nitrogens with one attached hydrogen (secondary N) is 1. The van der Waals surface area contributed by atoms with Crippen molar-refractivity contribution in [1.29, 1.82) is 0 Å². The molecule has 2 heterocycles. The largest absolute Gasteiger partial charge is 0.301 e. The van der Waals surface area contributed by atoms with Gasteiger partial charge >= 0.3 is 0 Å². The molecule has 0 unspecified atom stereocenters. The van der Waals surface area contributed by atoms with Gasteiger partial charge in [-0.05, 0) is 42.8 Å². The summed E-state index contributed by atoms with van der Waals surface area (Å²) >= 11 is 2.62. The molecule has 0 atom stereocenters. The highest BCUT2D eigenvalue weighted by atomic mass is 32.2. The van der Waals surface area contributed by atoms with Crippen LogP contribution in [-0.2, 0) is 4.79 Å². The molecular weight excluding hydrogens is 409 g/mol. The van der Waals surface area contributed by atoms with Crippen LogP contribution in [0.25, 0.3) is 16.9 Å². The predicted octanol–water partition coefficient (Wildman–Crippen LogP) is 4.57. The smallest absolute Gasteiger partial charge is 0.236 e. The number of anilines is 1. The van der Waals surface area contributed by atoms with E-state index in [0.29, 0.717) is 16.0 Å². The summed E-state index contributed by atoms with van der Waals surface area (Å²) in [6.45, 7) is 2.01. The SMILES string of the molecule is Cc1ccccc1-n1cnnc1SCC(=O)Nc1nc(-c2ccc(F)cc2)cs1. The second-order valence-electron chi connectivity index (χ2n) is 6.15. The van der Waals surface area contributed by atoms with Crippen LogP contribution >= 0.6 is 23.1 Å². The molecule has 2 aromatic heterocycles. The molecule has 4 rings (SSSR count). The Kier molecular flexibility index (Phi) is 5.68.